The Balaban J connectivity index is 0.988. The summed E-state index contributed by atoms with van der Waals surface area (Å²) in [6, 6.07) is 47.3. The first kappa shape index (κ1) is 31.9. The molecule has 1 unspecified atom stereocenters. The molecule has 4 heteroatoms. The summed E-state index contributed by atoms with van der Waals surface area (Å²) in [5.74, 6) is 0.904. The first-order chi connectivity index (χ1) is 28.2. The highest BCUT2D eigenvalue weighted by Gasteiger charge is 2.34. The van der Waals surface area contributed by atoms with E-state index in [0.717, 1.165) is 62.2 Å². The number of para-hydroxylation sites is 3. The molecule has 0 amide bonds. The van der Waals surface area contributed by atoms with Crippen molar-refractivity contribution >= 4 is 38.3 Å². The number of benzene rings is 5. The molecule has 3 heterocycles. The van der Waals surface area contributed by atoms with E-state index in [-0.39, 0.29) is 5.92 Å². The number of fused-ring (bicyclic) bond motifs is 4. The van der Waals surface area contributed by atoms with Gasteiger partial charge in [-0.05, 0) is 82.3 Å². The van der Waals surface area contributed by atoms with Crippen LogP contribution in [0.15, 0.2) is 216 Å². The standard InChI is InChI=1S/C53H34N4/c1-4-13-46-39(8-1)30-40(32-54-46)33-16-20-38(21-17-33)53-55-47(34-22-26-41(27-23-34)57-49-14-5-2-11-43(49)44-12-3-6-15-50(44)57)31-48(56-53)42-28-24-37-19-18-35-9-7-10-36-25-29-45(42)52(37)51(35)36/h1-8,10-32,52H,9H2. The molecule has 3 aromatic heterocycles. The fraction of sp³-hybridized carbons (Fsp3) is 0.0377. The van der Waals surface area contributed by atoms with Gasteiger partial charge in [0.05, 0.1) is 27.9 Å². The Hall–Kier alpha value is -7.43. The van der Waals surface area contributed by atoms with Gasteiger partial charge in [0, 0.05) is 56.2 Å². The second-order valence-corrected chi connectivity index (χ2v) is 15.2. The zero-order valence-electron chi connectivity index (χ0n) is 31.0. The van der Waals surface area contributed by atoms with E-state index in [9.17, 15) is 0 Å². The van der Waals surface area contributed by atoms with Crippen LogP contribution < -0.4 is 0 Å². The molecular formula is C53H34N4. The molecule has 8 aromatic rings. The van der Waals surface area contributed by atoms with Gasteiger partial charge in [0.1, 0.15) is 0 Å². The molecule has 0 N–H and O–H groups in total. The number of nitrogens with zero attached hydrogens (tertiary/aromatic N) is 4. The van der Waals surface area contributed by atoms with E-state index in [1.165, 1.54) is 49.7 Å². The highest BCUT2D eigenvalue weighted by Crippen LogP contribution is 2.49. The van der Waals surface area contributed by atoms with E-state index in [2.05, 4.69) is 175 Å². The molecule has 4 aliphatic carbocycles. The Morgan fingerprint density at radius 1 is 0.561 bits per heavy atom. The second-order valence-electron chi connectivity index (χ2n) is 15.2. The van der Waals surface area contributed by atoms with E-state index in [0.29, 0.717) is 5.82 Å². The van der Waals surface area contributed by atoms with Gasteiger partial charge in [-0.15, -0.1) is 0 Å². The van der Waals surface area contributed by atoms with Gasteiger partial charge in [0.2, 0.25) is 0 Å². The Kier molecular flexibility index (Phi) is 7.02. The van der Waals surface area contributed by atoms with Gasteiger partial charge in [-0.2, -0.15) is 0 Å². The Bertz CT molecular complexity index is 3180. The molecule has 0 spiro atoms. The number of allylic oxidation sites excluding steroid dienone is 14. The van der Waals surface area contributed by atoms with Crippen LogP contribution in [0.5, 0.6) is 0 Å². The Morgan fingerprint density at radius 3 is 2.11 bits per heavy atom. The third kappa shape index (κ3) is 5.11. The quantitative estimate of drug-likeness (QED) is 0.177. The molecule has 57 heavy (non-hydrogen) atoms. The summed E-state index contributed by atoms with van der Waals surface area (Å²) in [4.78, 5) is 15.3. The molecule has 0 bridgehead atoms. The SMILES string of the molecule is C1=CC2=C3C(=CC=C4C=CC(c5cc(-c6ccc(-n7c8ccccc8c8ccccc87)cc6)nc(-c6ccc(-c7cnc8ccccc8c7)cc6)n5)=C(C=C2)C43)C1. The van der Waals surface area contributed by atoms with Gasteiger partial charge in [-0.3, -0.25) is 4.98 Å². The number of hydrogen-bond acceptors (Lipinski definition) is 3. The lowest BCUT2D eigenvalue weighted by atomic mass is 9.67. The fourth-order valence-electron chi connectivity index (χ4n) is 9.21. The van der Waals surface area contributed by atoms with Crippen LogP contribution in [0.1, 0.15) is 12.1 Å². The van der Waals surface area contributed by atoms with Crippen LogP contribution >= 0.6 is 0 Å². The maximum Gasteiger partial charge on any atom is 0.160 e. The number of aromatic nitrogens is 4. The first-order valence-corrected chi connectivity index (χ1v) is 19.6. The molecule has 12 rings (SSSR count). The van der Waals surface area contributed by atoms with Gasteiger partial charge in [-0.1, -0.05) is 140 Å². The monoisotopic (exact) mass is 726 g/mol. The van der Waals surface area contributed by atoms with Crippen molar-refractivity contribution in [1.82, 2.24) is 19.5 Å². The van der Waals surface area contributed by atoms with Crippen LogP contribution in [0.2, 0.25) is 0 Å². The smallest absolute Gasteiger partial charge is 0.160 e. The molecule has 0 radical (unpaired) electrons. The minimum atomic E-state index is 0.206. The summed E-state index contributed by atoms with van der Waals surface area (Å²) < 4.78 is 2.36. The van der Waals surface area contributed by atoms with E-state index in [4.69, 9.17) is 15.0 Å². The van der Waals surface area contributed by atoms with Gasteiger partial charge >= 0.3 is 0 Å². The van der Waals surface area contributed by atoms with Crippen molar-refractivity contribution in [2.75, 3.05) is 0 Å². The molecule has 266 valence electrons. The molecular weight excluding hydrogens is 693 g/mol. The first-order valence-electron chi connectivity index (χ1n) is 19.6. The molecule has 4 aliphatic rings. The lowest BCUT2D eigenvalue weighted by Crippen LogP contribution is -2.22. The van der Waals surface area contributed by atoms with E-state index >= 15 is 0 Å². The van der Waals surface area contributed by atoms with E-state index in [1.807, 2.05) is 18.3 Å². The summed E-state index contributed by atoms with van der Waals surface area (Å²) in [5, 5.41) is 3.63. The minimum absolute atomic E-state index is 0.206. The summed E-state index contributed by atoms with van der Waals surface area (Å²) in [6.07, 6.45) is 21.2. The molecule has 0 aliphatic heterocycles. The number of rotatable bonds is 5. The third-order valence-electron chi connectivity index (χ3n) is 12.0. The minimum Gasteiger partial charge on any atom is -0.309 e. The summed E-state index contributed by atoms with van der Waals surface area (Å²) in [6.45, 7) is 0. The maximum atomic E-state index is 5.35. The average molecular weight is 727 g/mol. The van der Waals surface area contributed by atoms with Crippen LogP contribution in [-0.2, 0) is 0 Å². The van der Waals surface area contributed by atoms with Gasteiger partial charge in [-0.25, -0.2) is 9.97 Å². The predicted molar refractivity (Wildman–Crippen MR) is 234 cm³/mol. The lowest BCUT2D eigenvalue weighted by Gasteiger charge is -2.36. The van der Waals surface area contributed by atoms with Crippen LogP contribution in [0.25, 0.3) is 77.7 Å². The highest BCUT2D eigenvalue weighted by molar-refractivity contribution is 6.09. The number of pyridine rings is 1. The molecule has 5 aromatic carbocycles. The highest BCUT2D eigenvalue weighted by atomic mass is 15.0. The van der Waals surface area contributed by atoms with Crippen molar-refractivity contribution in [3.63, 3.8) is 0 Å². The van der Waals surface area contributed by atoms with E-state index in [1.54, 1.807) is 0 Å². The van der Waals surface area contributed by atoms with Crippen LogP contribution in [0.3, 0.4) is 0 Å². The number of hydrogen-bond donors (Lipinski definition) is 0. The summed E-state index contributed by atoms with van der Waals surface area (Å²) in [7, 11) is 0. The van der Waals surface area contributed by atoms with Gasteiger partial charge in [0.15, 0.2) is 5.82 Å². The third-order valence-corrected chi connectivity index (χ3v) is 12.0. The molecule has 4 nitrogen and oxygen atoms in total. The summed E-state index contributed by atoms with van der Waals surface area (Å²) >= 11 is 0. The van der Waals surface area contributed by atoms with Crippen LogP contribution in [0.4, 0.5) is 0 Å². The average Bonchev–Trinajstić information content (AvgIpc) is 3.62. The van der Waals surface area contributed by atoms with Crippen molar-refractivity contribution in [2.45, 2.75) is 6.42 Å². The van der Waals surface area contributed by atoms with Crippen LogP contribution in [0, 0.1) is 5.92 Å². The maximum absolute atomic E-state index is 5.35. The Labute approximate surface area is 330 Å². The zero-order valence-corrected chi connectivity index (χ0v) is 31.0. The summed E-state index contributed by atoms with van der Waals surface area (Å²) in [5.41, 5.74) is 18.4. The van der Waals surface area contributed by atoms with Crippen molar-refractivity contribution < 1.29 is 0 Å². The molecule has 0 saturated heterocycles. The zero-order chi connectivity index (χ0) is 37.5. The van der Waals surface area contributed by atoms with Gasteiger partial charge in [0.25, 0.3) is 0 Å². The fourth-order valence-corrected chi connectivity index (χ4v) is 9.21. The predicted octanol–water partition coefficient (Wildman–Crippen LogP) is 12.8. The molecule has 1 atom stereocenters. The van der Waals surface area contributed by atoms with Gasteiger partial charge < -0.3 is 4.57 Å². The molecule has 0 fully saturated rings. The van der Waals surface area contributed by atoms with Crippen molar-refractivity contribution in [3.8, 4) is 39.5 Å². The largest absolute Gasteiger partial charge is 0.309 e. The normalized spacial score (nSPS) is 16.7. The topological polar surface area (TPSA) is 43.6 Å². The molecule has 0 saturated carbocycles. The van der Waals surface area contributed by atoms with Crippen molar-refractivity contribution in [1.29, 1.82) is 0 Å². The van der Waals surface area contributed by atoms with Crippen molar-refractivity contribution in [3.05, 3.63) is 222 Å². The van der Waals surface area contributed by atoms with E-state index < -0.39 is 0 Å². The lowest BCUT2D eigenvalue weighted by molar-refractivity contribution is 0.834. The second kappa shape index (κ2) is 12.6. The Morgan fingerprint density at radius 2 is 1.28 bits per heavy atom. The van der Waals surface area contributed by atoms with Crippen molar-refractivity contribution in [2.24, 2.45) is 5.92 Å². The van der Waals surface area contributed by atoms with Crippen LogP contribution in [-0.4, -0.2) is 19.5 Å².